The van der Waals surface area contributed by atoms with E-state index in [-0.39, 0.29) is 5.69 Å². The van der Waals surface area contributed by atoms with Gasteiger partial charge in [0.2, 0.25) is 0 Å². The Morgan fingerprint density at radius 2 is 1.88 bits per heavy atom. The summed E-state index contributed by atoms with van der Waals surface area (Å²) in [6.07, 6.45) is 1.44. The topological polar surface area (TPSA) is 60.5 Å². The standard InChI is InChI=1S/C13H6FN3/c14-13-2-1-9(7-15)5-12(13)10-3-4-17-11(6-10)8-16/h1-6H. The molecule has 0 radical (unpaired) electrons. The fourth-order valence-electron chi connectivity index (χ4n) is 1.48. The zero-order chi connectivity index (χ0) is 12.3. The summed E-state index contributed by atoms with van der Waals surface area (Å²) >= 11 is 0. The van der Waals surface area contributed by atoms with E-state index in [1.54, 1.807) is 6.07 Å². The van der Waals surface area contributed by atoms with Crippen molar-refractivity contribution in [3.63, 3.8) is 0 Å². The lowest BCUT2D eigenvalue weighted by atomic mass is 10.0. The van der Waals surface area contributed by atoms with Crippen LogP contribution in [0, 0.1) is 28.5 Å². The van der Waals surface area contributed by atoms with Gasteiger partial charge in [0.25, 0.3) is 0 Å². The molecule has 2 aromatic rings. The molecule has 0 atom stereocenters. The Kier molecular flexibility index (Phi) is 2.81. The third kappa shape index (κ3) is 2.11. The van der Waals surface area contributed by atoms with Gasteiger partial charge < -0.3 is 0 Å². The maximum Gasteiger partial charge on any atom is 0.141 e. The molecule has 17 heavy (non-hydrogen) atoms. The fourth-order valence-corrected chi connectivity index (χ4v) is 1.48. The van der Waals surface area contributed by atoms with Gasteiger partial charge in [-0.15, -0.1) is 0 Å². The highest BCUT2D eigenvalue weighted by Crippen LogP contribution is 2.23. The molecule has 0 aliphatic carbocycles. The van der Waals surface area contributed by atoms with Gasteiger partial charge in [-0.3, -0.25) is 0 Å². The molecule has 80 valence electrons. The Hall–Kier alpha value is -2.72. The van der Waals surface area contributed by atoms with Gasteiger partial charge in [-0.1, -0.05) is 0 Å². The van der Waals surface area contributed by atoms with Crippen molar-refractivity contribution < 1.29 is 4.39 Å². The molecule has 0 unspecified atom stereocenters. The molecule has 0 spiro atoms. The van der Waals surface area contributed by atoms with Crippen molar-refractivity contribution in [1.82, 2.24) is 4.98 Å². The van der Waals surface area contributed by atoms with Crippen molar-refractivity contribution in [2.75, 3.05) is 0 Å². The van der Waals surface area contributed by atoms with E-state index >= 15 is 0 Å². The van der Waals surface area contributed by atoms with Gasteiger partial charge in [0.15, 0.2) is 0 Å². The van der Waals surface area contributed by atoms with E-state index in [4.69, 9.17) is 10.5 Å². The minimum atomic E-state index is -0.431. The zero-order valence-electron chi connectivity index (χ0n) is 8.68. The summed E-state index contributed by atoms with van der Waals surface area (Å²) in [6.45, 7) is 0. The second kappa shape index (κ2) is 4.42. The second-order valence-electron chi connectivity index (χ2n) is 3.35. The molecular formula is C13H6FN3. The maximum absolute atomic E-state index is 13.6. The van der Waals surface area contributed by atoms with Crippen LogP contribution >= 0.6 is 0 Å². The van der Waals surface area contributed by atoms with Crippen LogP contribution in [0.5, 0.6) is 0 Å². The Labute approximate surface area is 97.4 Å². The fraction of sp³-hybridized carbons (Fsp3) is 0. The molecule has 4 heteroatoms. The number of hydrogen-bond acceptors (Lipinski definition) is 3. The summed E-state index contributed by atoms with van der Waals surface area (Å²) in [5.74, 6) is -0.431. The Morgan fingerprint density at radius 3 is 2.59 bits per heavy atom. The number of aromatic nitrogens is 1. The van der Waals surface area contributed by atoms with E-state index in [1.807, 2.05) is 12.1 Å². The molecular weight excluding hydrogens is 217 g/mol. The van der Waals surface area contributed by atoms with Crippen molar-refractivity contribution in [2.45, 2.75) is 0 Å². The van der Waals surface area contributed by atoms with Gasteiger partial charge in [0, 0.05) is 11.8 Å². The zero-order valence-corrected chi connectivity index (χ0v) is 8.68. The third-order valence-corrected chi connectivity index (χ3v) is 2.28. The van der Waals surface area contributed by atoms with Gasteiger partial charge in [-0.25, -0.2) is 9.37 Å². The first-order chi connectivity index (χ1) is 8.24. The van der Waals surface area contributed by atoms with Crippen LogP contribution in [0.15, 0.2) is 36.5 Å². The van der Waals surface area contributed by atoms with Crippen LogP contribution in [0.1, 0.15) is 11.3 Å². The minimum Gasteiger partial charge on any atom is -0.246 e. The molecule has 0 bridgehead atoms. The van der Waals surface area contributed by atoms with E-state index in [2.05, 4.69) is 4.98 Å². The lowest BCUT2D eigenvalue weighted by Gasteiger charge is -2.03. The number of rotatable bonds is 1. The maximum atomic E-state index is 13.6. The summed E-state index contributed by atoms with van der Waals surface area (Å²) in [5.41, 5.74) is 1.41. The lowest BCUT2D eigenvalue weighted by molar-refractivity contribution is 0.631. The molecule has 0 fully saturated rings. The van der Waals surface area contributed by atoms with E-state index in [0.29, 0.717) is 16.7 Å². The predicted octanol–water partition coefficient (Wildman–Crippen LogP) is 2.63. The molecule has 2 rings (SSSR count). The SMILES string of the molecule is N#Cc1ccc(F)c(-c2ccnc(C#N)c2)c1. The molecule has 1 heterocycles. The quantitative estimate of drug-likeness (QED) is 0.746. The summed E-state index contributed by atoms with van der Waals surface area (Å²) < 4.78 is 13.6. The van der Waals surface area contributed by atoms with Crippen LogP contribution in [-0.2, 0) is 0 Å². The first kappa shape index (κ1) is 10.8. The third-order valence-electron chi connectivity index (χ3n) is 2.28. The molecule has 0 N–H and O–H groups in total. The average Bonchev–Trinajstić information content (AvgIpc) is 2.39. The van der Waals surface area contributed by atoms with Crippen molar-refractivity contribution >= 4 is 0 Å². The van der Waals surface area contributed by atoms with E-state index in [9.17, 15) is 4.39 Å². The van der Waals surface area contributed by atoms with Crippen LogP contribution in [0.3, 0.4) is 0 Å². The molecule has 0 amide bonds. The number of hydrogen-bond donors (Lipinski definition) is 0. The molecule has 0 saturated carbocycles. The van der Waals surface area contributed by atoms with Gasteiger partial charge in [-0.2, -0.15) is 10.5 Å². The van der Waals surface area contributed by atoms with Gasteiger partial charge in [0.1, 0.15) is 17.6 Å². The summed E-state index contributed by atoms with van der Waals surface area (Å²) in [6, 6.07) is 11.0. The highest BCUT2D eigenvalue weighted by molar-refractivity contribution is 5.66. The number of nitrogens with zero attached hydrogens (tertiary/aromatic N) is 3. The smallest absolute Gasteiger partial charge is 0.141 e. The number of halogens is 1. The first-order valence-corrected chi connectivity index (χ1v) is 4.81. The Bertz CT molecular complexity index is 650. The molecule has 0 aliphatic rings. The molecule has 1 aromatic carbocycles. The molecule has 1 aromatic heterocycles. The van der Waals surface area contributed by atoms with Gasteiger partial charge in [0.05, 0.1) is 11.6 Å². The van der Waals surface area contributed by atoms with Crippen LogP contribution in [-0.4, -0.2) is 4.98 Å². The van der Waals surface area contributed by atoms with Crippen LogP contribution < -0.4 is 0 Å². The number of nitriles is 2. The van der Waals surface area contributed by atoms with Crippen LogP contribution in [0.25, 0.3) is 11.1 Å². The predicted molar refractivity (Wildman–Crippen MR) is 59.1 cm³/mol. The number of pyridine rings is 1. The summed E-state index contributed by atoms with van der Waals surface area (Å²) in [4.78, 5) is 3.81. The van der Waals surface area contributed by atoms with Gasteiger partial charge in [-0.05, 0) is 35.9 Å². The highest BCUT2D eigenvalue weighted by Gasteiger charge is 2.07. The lowest BCUT2D eigenvalue weighted by Crippen LogP contribution is -1.89. The average molecular weight is 223 g/mol. The Balaban J connectivity index is 2.60. The van der Waals surface area contributed by atoms with Crippen molar-refractivity contribution in [2.24, 2.45) is 0 Å². The van der Waals surface area contributed by atoms with E-state index < -0.39 is 5.82 Å². The second-order valence-corrected chi connectivity index (χ2v) is 3.35. The monoisotopic (exact) mass is 223 g/mol. The molecule has 0 saturated heterocycles. The van der Waals surface area contributed by atoms with Gasteiger partial charge >= 0.3 is 0 Å². The summed E-state index contributed by atoms with van der Waals surface area (Å²) in [7, 11) is 0. The largest absolute Gasteiger partial charge is 0.246 e. The van der Waals surface area contributed by atoms with Crippen LogP contribution in [0.4, 0.5) is 4.39 Å². The van der Waals surface area contributed by atoms with Crippen molar-refractivity contribution in [1.29, 1.82) is 10.5 Å². The van der Waals surface area contributed by atoms with Crippen molar-refractivity contribution in [3.8, 4) is 23.3 Å². The number of benzene rings is 1. The minimum absolute atomic E-state index is 0.212. The van der Waals surface area contributed by atoms with E-state index in [0.717, 1.165) is 0 Å². The van der Waals surface area contributed by atoms with Crippen molar-refractivity contribution in [3.05, 3.63) is 53.6 Å². The molecule has 3 nitrogen and oxygen atoms in total. The molecule has 0 aliphatic heterocycles. The first-order valence-electron chi connectivity index (χ1n) is 4.81. The Morgan fingerprint density at radius 1 is 1.06 bits per heavy atom. The highest BCUT2D eigenvalue weighted by atomic mass is 19.1. The normalized spacial score (nSPS) is 9.35. The van der Waals surface area contributed by atoms with Crippen LogP contribution in [0.2, 0.25) is 0 Å². The summed E-state index contributed by atoms with van der Waals surface area (Å²) in [5, 5.41) is 17.5. The van der Waals surface area contributed by atoms with E-state index in [1.165, 1.54) is 30.5 Å².